The molecule has 1 aliphatic heterocycles. The van der Waals surface area contributed by atoms with E-state index in [0.717, 1.165) is 12.8 Å². The standard InChI is InChI=1S/C24H41NO2/c26-24(25-21-14-8-3-9-15-21)20-16-22(18-10-4-1-5-11-18)27-23(17-20)19-12-6-2-7-13-19/h18-23H,1-17H2,(H,25,26). The van der Waals surface area contributed by atoms with Crippen LogP contribution in [0.4, 0.5) is 0 Å². The van der Waals surface area contributed by atoms with Gasteiger partial charge in [0.05, 0.1) is 12.2 Å². The molecule has 4 fully saturated rings. The average Bonchev–Trinajstić information content (AvgIpc) is 2.75. The van der Waals surface area contributed by atoms with E-state index < -0.39 is 0 Å². The molecule has 3 saturated carbocycles. The highest BCUT2D eigenvalue weighted by molar-refractivity contribution is 5.79. The zero-order chi connectivity index (χ0) is 18.5. The van der Waals surface area contributed by atoms with Gasteiger partial charge < -0.3 is 10.1 Å². The molecule has 0 radical (unpaired) electrons. The van der Waals surface area contributed by atoms with Crippen LogP contribution in [0.25, 0.3) is 0 Å². The van der Waals surface area contributed by atoms with Crippen LogP contribution in [0.5, 0.6) is 0 Å². The quantitative estimate of drug-likeness (QED) is 0.678. The van der Waals surface area contributed by atoms with Crippen molar-refractivity contribution in [3.63, 3.8) is 0 Å². The normalized spacial score (nSPS) is 35.0. The minimum absolute atomic E-state index is 0.194. The molecule has 2 unspecified atom stereocenters. The van der Waals surface area contributed by atoms with Crippen molar-refractivity contribution in [2.75, 3.05) is 0 Å². The smallest absolute Gasteiger partial charge is 0.223 e. The molecular formula is C24H41NO2. The van der Waals surface area contributed by atoms with Crippen molar-refractivity contribution >= 4 is 5.91 Å². The van der Waals surface area contributed by atoms with E-state index in [1.165, 1.54) is 96.3 Å². The van der Waals surface area contributed by atoms with Gasteiger partial charge in [0.1, 0.15) is 0 Å². The minimum atomic E-state index is 0.194. The number of amides is 1. The Morgan fingerprint density at radius 3 is 1.56 bits per heavy atom. The molecule has 2 atom stereocenters. The van der Waals surface area contributed by atoms with E-state index in [9.17, 15) is 4.79 Å². The monoisotopic (exact) mass is 375 g/mol. The van der Waals surface area contributed by atoms with E-state index in [-0.39, 0.29) is 5.92 Å². The molecular weight excluding hydrogens is 334 g/mol. The van der Waals surface area contributed by atoms with Crippen LogP contribution in [-0.2, 0) is 9.53 Å². The van der Waals surface area contributed by atoms with Gasteiger partial charge in [0.2, 0.25) is 5.91 Å². The van der Waals surface area contributed by atoms with Crippen molar-refractivity contribution in [3.8, 4) is 0 Å². The highest BCUT2D eigenvalue weighted by Crippen LogP contribution is 2.41. The van der Waals surface area contributed by atoms with Crippen molar-refractivity contribution in [2.24, 2.45) is 17.8 Å². The lowest BCUT2D eigenvalue weighted by molar-refractivity contribution is -0.149. The Morgan fingerprint density at radius 1 is 0.630 bits per heavy atom. The zero-order valence-electron chi connectivity index (χ0n) is 17.3. The van der Waals surface area contributed by atoms with E-state index in [1.807, 2.05) is 0 Å². The maximum absolute atomic E-state index is 13.2. The van der Waals surface area contributed by atoms with Gasteiger partial charge in [0.25, 0.3) is 0 Å². The number of carbonyl (C=O) groups is 1. The van der Waals surface area contributed by atoms with Gasteiger partial charge in [0, 0.05) is 12.0 Å². The highest BCUT2D eigenvalue weighted by atomic mass is 16.5. The van der Waals surface area contributed by atoms with Gasteiger partial charge in [-0.05, 0) is 63.2 Å². The first-order chi connectivity index (χ1) is 13.3. The topological polar surface area (TPSA) is 38.3 Å². The number of hydrogen-bond acceptors (Lipinski definition) is 2. The summed E-state index contributed by atoms with van der Waals surface area (Å²) < 4.78 is 6.76. The van der Waals surface area contributed by atoms with E-state index in [4.69, 9.17) is 4.74 Å². The summed E-state index contributed by atoms with van der Waals surface area (Å²) in [6.45, 7) is 0. The first-order valence-electron chi connectivity index (χ1n) is 12.3. The fraction of sp³-hybridized carbons (Fsp3) is 0.958. The summed E-state index contributed by atoms with van der Waals surface area (Å²) in [4.78, 5) is 13.2. The molecule has 0 aromatic rings. The number of hydrogen-bond donors (Lipinski definition) is 1. The molecule has 1 N–H and O–H groups in total. The fourth-order valence-electron chi connectivity index (χ4n) is 6.39. The molecule has 3 heteroatoms. The molecule has 4 rings (SSSR count). The number of nitrogens with one attached hydrogen (secondary N) is 1. The Kier molecular flexibility index (Phi) is 7.13. The van der Waals surface area contributed by atoms with Crippen molar-refractivity contribution in [2.45, 2.75) is 127 Å². The summed E-state index contributed by atoms with van der Waals surface area (Å²) in [6.07, 6.45) is 22.4. The van der Waals surface area contributed by atoms with Crippen LogP contribution in [0.1, 0.15) is 109 Å². The molecule has 4 aliphatic rings. The lowest BCUT2D eigenvalue weighted by Crippen LogP contribution is -2.48. The average molecular weight is 376 g/mol. The molecule has 0 spiro atoms. The second-order valence-corrected chi connectivity index (χ2v) is 10.0. The summed E-state index contributed by atoms with van der Waals surface area (Å²) >= 11 is 0. The van der Waals surface area contributed by atoms with Crippen molar-refractivity contribution in [1.82, 2.24) is 5.32 Å². The van der Waals surface area contributed by atoms with Crippen LogP contribution in [0.3, 0.4) is 0 Å². The first kappa shape index (κ1) is 19.7. The van der Waals surface area contributed by atoms with Crippen LogP contribution >= 0.6 is 0 Å². The predicted octanol–water partition coefficient (Wildman–Crippen LogP) is 5.76. The van der Waals surface area contributed by atoms with Gasteiger partial charge in [-0.1, -0.05) is 57.8 Å². The third-order valence-corrected chi connectivity index (χ3v) is 8.06. The summed E-state index contributed by atoms with van der Waals surface area (Å²) in [5.74, 6) is 1.96. The van der Waals surface area contributed by atoms with Crippen LogP contribution in [0.15, 0.2) is 0 Å². The molecule has 0 aromatic heterocycles. The molecule has 1 saturated heterocycles. The fourth-order valence-corrected chi connectivity index (χ4v) is 6.39. The maximum Gasteiger partial charge on any atom is 0.223 e. The summed E-state index contributed by atoms with van der Waals surface area (Å²) in [7, 11) is 0. The summed E-state index contributed by atoms with van der Waals surface area (Å²) in [5, 5.41) is 3.44. The van der Waals surface area contributed by atoms with Crippen LogP contribution in [-0.4, -0.2) is 24.2 Å². The Bertz CT molecular complexity index is 435. The van der Waals surface area contributed by atoms with E-state index >= 15 is 0 Å². The molecule has 0 bridgehead atoms. The predicted molar refractivity (Wildman–Crippen MR) is 110 cm³/mol. The summed E-state index contributed by atoms with van der Waals surface area (Å²) in [5.41, 5.74) is 0. The van der Waals surface area contributed by atoms with Crippen LogP contribution in [0, 0.1) is 17.8 Å². The van der Waals surface area contributed by atoms with E-state index in [2.05, 4.69) is 5.32 Å². The third kappa shape index (κ3) is 5.28. The maximum atomic E-state index is 13.2. The number of carbonyl (C=O) groups excluding carboxylic acids is 1. The molecule has 0 aromatic carbocycles. The lowest BCUT2D eigenvalue weighted by atomic mass is 9.75. The lowest BCUT2D eigenvalue weighted by Gasteiger charge is -2.43. The molecule has 27 heavy (non-hydrogen) atoms. The molecule has 3 aliphatic carbocycles. The number of ether oxygens (including phenoxy) is 1. The second kappa shape index (κ2) is 9.76. The number of rotatable bonds is 4. The zero-order valence-corrected chi connectivity index (χ0v) is 17.3. The van der Waals surface area contributed by atoms with E-state index in [1.54, 1.807) is 0 Å². The summed E-state index contributed by atoms with van der Waals surface area (Å²) in [6, 6.07) is 0.440. The third-order valence-electron chi connectivity index (χ3n) is 8.06. The van der Waals surface area contributed by atoms with Gasteiger partial charge in [-0.25, -0.2) is 0 Å². The van der Waals surface area contributed by atoms with Crippen LogP contribution < -0.4 is 5.32 Å². The van der Waals surface area contributed by atoms with Gasteiger partial charge in [0.15, 0.2) is 0 Å². The minimum Gasteiger partial charge on any atom is -0.374 e. The largest absolute Gasteiger partial charge is 0.374 e. The first-order valence-corrected chi connectivity index (χ1v) is 12.3. The molecule has 3 nitrogen and oxygen atoms in total. The van der Waals surface area contributed by atoms with Crippen molar-refractivity contribution in [1.29, 1.82) is 0 Å². The van der Waals surface area contributed by atoms with E-state index in [0.29, 0.717) is 36.0 Å². The van der Waals surface area contributed by atoms with Gasteiger partial charge in [-0.3, -0.25) is 4.79 Å². The van der Waals surface area contributed by atoms with Crippen molar-refractivity contribution < 1.29 is 9.53 Å². The Labute approximate surface area is 166 Å². The van der Waals surface area contributed by atoms with Gasteiger partial charge >= 0.3 is 0 Å². The second-order valence-electron chi connectivity index (χ2n) is 10.0. The Morgan fingerprint density at radius 2 is 1.07 bits per heavy atom. The molecule has 1 amide bonds. The highest BCUT2D eigenvalue weighted by Gasteiger charge is 2.40. The van der Waals surface area contributed by atoms with Crippen LogP contribution in [0.2, 0.25) is 0 Å². The Balaban J connectivity index is 1.41. The SMILES string of the molecule is O=C(NC1CCCCC1)C1CC(C2CCCCC2)OC(C2CCCCC2)C1. The van der Waals surface area contributed by atoms with Crippen molar-refractivity contribution in [3.05, 3.63) is 0 Å². The molecule has 1 heterocycles. The van der Waals surface area contributed by atoms with Gasteiger partial charge in [-0.2, -0.15) is 0 Å². The Hall–Kier alpha value is -0.570. The van der Waals surface area contributed by atoms with Gasteiger partial charge in [-0.15, -0.1) is 0 Å². The molecule has 154 valence electrons.